The van der Waals surface area contributed by atoms with Gasteiger partial charge in [0.2, 0.25) is 5.89 Å². The van der Waals surface area contributed by atoms with Gasteiger partial charge in [-0.2, -0.15) is 10.1 Å². The summed E-state index contributed by atoms with van der Waals surface area (Å²) in [6.07, 6.45) is 2.54. The van der Waals surface area contributed by atoms with Crippen LogP contribution in [0.15, 0.2) is 21.3 Å². The molecule has 0 aromatic carbocycles. The van der Waals surface area contributed by atoms with Crippen molar-refractivity contribution in [2.45, 2.75) is 26.8 Å². The molecule has 0 unspecified atom stereocenters. The predicted molar refractivity (Wildman–Crippen MR) is 72.7 cm³/mol. The lowest BCUT2D eigenvalue weighted by Gasteiger charge is -2.01. The normalized spacial score (nSPS) is 11.3. The lowest BCUT2D eigenvalue weighted by Crippen LogP contribution is -2.03. The quantitative estimate of drug-likeness (QED) is 0.741. The molecule has 0 amide bonds. The molecule has 3 aromatic rings. The van der Waals surface area contributed by atoms with Crippen molar-refractivity contribution >= 4 is 27.0 Å². The number of hydrogen-bond donors (Lipinski definition) is 0. The number of aromatic nitrogens is 5. The Morgan fingerprint density at radius 3 is 2.95 bits per heavy atom. The SMILES string of the molecule is CCc1noc(Cn2ncc3cc(Br)c(C)nc32)n1. The summed E-state index contributed by atoms with van der Waals surface area (Å²) < 4.78 is 7.92. The number of fused-ring (bicyclic) bond motifs is 1. The Morgan fingerprint density at radius 2 is 2.21 bits per heavy atom. The van der Waals surface area contributed by atoms with Gasteiger partial charge in [0.1, 0.15) is 6.54 Å². The van der Waals surface area contributed by atoms with E-state index < -0.39 is 0 Å². The van der Waals surface area contributed by atoms with E-state index >= 15 is 0 Å². The Morgan fingerprint density at radius 1 is 1.37 bits per heavy atom. The topological polar surface area (TPSA) is 69.6 Å². The Bertz CT molecular complexity index is 733. The minimum Gasteiger partial charge on any atom is -0.337 e. The van der Waals surface area contributed by atoms with Gasteiger partial charge in [-0.15, -0.1) is 0 Å². The number of aryl methyl sites for hydroxylation is 2. The van der Waals surface area contributed by atoms with Crippen LogP contribution in [0.2, 0.25) is 0 Å². The van der Waals surface area contributed by atoms with Gasteiger partial charge in [0.05, 0.1) is 11.9 Å². The van der Waals surface area contributed by atoms with Gasteiger partial charge in [0.25, 0.3) is 0 Å². The van der Waals surface area contributed by atoms with Crippen molar-refractivity contribution < 1.29 is 4.52 Å². The Kier molecular flexibility index (Phi) is 3.06. The summed E-state index contributed by atoms with van der Waals surface area (Å²) in [7, 11) is 0. The smallest absolute Gasteiger partial charge is 0.248 e. The average molecular weight is 322 g/mol. The Labute approximate surface area is 118 Å². The third-order valence-corrected chi connectivity index (χ3v) is 3.65. The van der Waals surface area contributed by atoms with Crippen LogP contribution >= 0.6 is 15.9 Å². The lowest BCUT2D eigenvalue weighted by atomic mass is 10.3. The van der Waals surface area contributed by atoms with Gasteiger partial charge in [0, 0.05) is 16.3 Å². The van der Waals surface area contributed by atoms with Crippen LogP contribution in [0, 0.1) is 6.92 Å². The van der Waals surface area contributed by atoms with Crippen molar-refractivity contribution in [3.63, 3.8) is 0 Å². The molecule has 0 saturated carbocycles. The second-order valence-electron chi connectivity index (χ2n) is 4.23. The highest BCUT2D eigenvalue weighted by Gasteiger charge is 2.11. The molecule has 19 heavy (non-hydrogen) atoms. The molecule has 0 bridgehead atoms. The van der Waals surface area contributed by atoms with E-state index in [9.17, 15) is 0 Å². The van der Waals surface area contributed by atoms with Crippen molar-refractivity contribution in [3.8, 4) is 0 Å². The van der Waals surface area contributed by atoms with E-state index in [1.54, 1.807) is 10.9 Å². The third kappa shape index (κ3) is 2.25. The number of pyridine rings is 1. The van der Waals surface area contributed by atoms with Crippen LogP contribution in [0.5, 0.6) is 0 Å². The van der Waals surface area contributed by atoms with E-state index in [-0.39, 0.29) is 0 Å². The molecule has 3 heterocycles. The van der Waals surface area contributed by atoms with Crippen molar-refractivity contribution in [1.82, 2.24) is 24.9 Å². The largest absolute Gasteiger partial charge is 0.337 e. The molecule has 3 rings (SSSR count). The maximum Gasteiger partial charge on any atom is 0.248 e. The monoisotopic (exact) mass is 321 g/mol. The first-order valence-electron chi connectivity index (χ1n) is 5.97. The summed E-state index contributed by atoms with van der Waals surface area (Å²) in [5.74, 6) is 1.25. The number of nitrogens with zero attached hydrogens (tertiary/aromatic N) is 5. The highest BCUT2D eigenvalue weighted by atomic mass is 79.9. The molecule has 3 aromatic heterocycles. The van der Waals surface area contributed by atoms with E-state index in [1.165, 1.54) is 0 Å². The molecule has 0 aliphatic heterocycles. The van der Waals surface area contributed by atoms with E-state index in [0.717, 1.165) is 27.6 Å². The Balaban J connectivity index is 1.98. The number of halogens is 1. The maximum atomic E-state index is 5.17. The summed E-state index contributed by atoms with van der Waals surface area (Å²) in [6.45, 7) is 4.37. The van der Waals surface area contributed by atoms with Gasteiger partial charge < -0.3 is 4.52 Å². The van der Waals surface area contributed by atoms with Crippen LogP contribution in [-0.2, 0) is 13.0 Å². The summed E-state index contributed by atoms with van der Waals surface area (Å²) in [5.41, 5.74) is 1.74. The highest BCUT2D eigenvalue weighted by molar-refractivity contribution is 9.10. The first-order chi connectivity index (χ1) is 9.17. The zero-order valence-electron chi connectivity index (χ0n) is 10.6. The predicted octanol–water partition coefficient (Wildman–Crippen LogP) is 2.50. The molecule has 0 aliphatic rings. The third-order valence-electron chi connectivity index (χ3n) is 2.85. The molecule has 0 fully saturated rings. The first kappa shape index (κ1) is 12.3. The first-order valence-corrected chi connectivity index (χ1v) is 6.76. The highest BCUT2D eigenvalue weighted by Crippen LogP contribution is 2.21. The molecule has 0 radical (unpaired) electrons. The zero-order chi connectivity index (χ0) is 13.4. The van der Waals surface area contributed by atoms with Crippen LogP contribution in [0.1, 0.15) is 24.3 Å². The molecular weight excluding hydrogens is 310 g/mol. The summed E-state index contributed by atoms with van der Waals surface area (Å²) in [4.78, 5) is 8.80. The van der Waals surface area contributed by atoms with Crippen molar-refractivity contribution in [3.05, 3.63) is 34.1 Å². The molecule has 0 aliphatic carbocycles. The molecule has 0 spiro atoms. The summed E-state index contributed by atoms with van der Waals surface area (Å²) in [6, 6.07) is 2.01. The van der Waals surface area contributed by atoms with Crippen LogP contribution < -0.4 is 0 Å². The Hall–Kier alpha value is -1.76. The molecule has 98 valence electrons. The number of hydrogen-bond acceptors (Lipinski definition) is 5. The molecule has 0 saturated heterocycles. The van der Waals surface area contributed by atoms with Gasteiger partial charge in [0.15, 0.2) is 11.5 Å². The second kappa shape index (κ2) is 4.73. The van der Waals surface area contributed by atoms with Crippen LogP contribution in [0.4, 0.5) is 0 Å². The summed E-state index contributed by atoms with van der Waals surface area (Å²) in [5, 5.41) is 9.16. The average Bonchev–Trinajstić information content (AvgIpc) is 2.99. The molecule has 6 nitrogen and oxygen atoms in total. The molecular formula is C12H12BrN5O. The summed E-state index contributed by atoms with van der Waals surface area (Å²) >= 11 is 3.46. The van der Waals surface area contributed by atoms with Gasteiger partial charge in [-0.1, -0.05) is 12.1 Å². The second-order valence-corrected chi connectivity index (χ2v) is 5.08. The fourth-order valence-corrected chi connectivity index (χ4v) is 2.15. The van der Waals surface area contributed by atoms with E-state index in [2.05, 4.69) is 36.2 Å². The fourth-order valence-electron chi connectivity index (χ4n) is 1.81. The van der Waals surface area contributed by atoms with Crippen molar-refractivity contribution in [1.29, 1.82) is 0 Å². The van der Waals surface area contributed by atoms with E-state index in [1.807, 2.05) is 19.9 Å². The molecule has 0 atom stereocenters. The fraction of sp³-hybridized carbons (Fsp3) is 0.333. The zero-order valence-corrected chi connectivity index (χ0v) is 12.2. The minimum atomic E-state index is 0.435. The van der Waals surface area contributed by atoms with Crippen molar-refractivity contribution in [2.24, 2.45) is 0 Å². The number of rotatable bonds is 3. The van der Waals surface area contributed by atoms with Gasteiger partial charge >= 0.3 is 0 Å². The lowest BCUT2D eigenvalue weighted by molar-refractivity contribution is 0.363. The van der Waals surface area contributed by atoms with E-state index in [0.29, 0.717) is 18.3 Å². The van der Waals surface area contributed by atoms with Gasteiger partial charge in [-0.25, -0.2) is 9.67 Å². The van der Waals surface area contributed by atoms with Gasteiger partial charge in [-0.3, -0.25) is 0 Å². The van der Waals surface area contributed by atoms with Crippen LogP contribution in [0.25, 0.3) is 11.0 Å². The van der Waals surface area contributed by atoms with Crippen molar-refractivity contribution in [2.75, 3.05) is 0 Å². The van der Waals surface area contributed by atoms with E-state index in [4.69, 9.17) is 4.52 Å². The molecule has 7 heteroatoms. The minimum absolute atomic E-state index is 0.435. The molecule has 0 N–H and O–H groups in total. The maximum absolute atomic E-state index is 5.17. The standard InChI is InChI=1S/C12H12BrN5O/c1-3-10-16-11(19-17-10)6-18-12-8(5-14-18)4-9(13)7(2)15-12/h4-5H,3,6H2,1-2H3. The van der Waals surface area contributed by atoms with Crippen LogP contribution in [-0.4, -0.2) is 24.9 Å². The van der Waals surface area contributed by atoms with Gasteiger partial charge in [-0.05, 0) is 28.9 Å². The van der Waals surface area contributed by atoms with Crippen LogP contribution in [0.3, 0.4) is 0 Å².